The van der Waals surface area contributed by atoms with Crippen molar-refractivity contribution in [2.45, 2.75) is 19.4 Å². The van der Waals surface area contributed by atoms with Crippen LogP contribution in [0.4, 0.5) is 5.69 Å². The molecule has 1 aromatic rings. The average Bonchev–Trinajstić information content (AvgIpc) is 2.88. The first kappa shape index (κ1) is 9.63. The Bertz CT molecular complexity index is 414. The van der Waals surface area contributed by atoms with Gasteiger partial charge in [-0.25, -0.2) is 0 Å². The number of nitrogens with one attached hydrogen (secondary N) is 2. The van der Waals surface area contributed by atoms with Gasteiger partial charge in [0.05, 0.1) is 17.6 Å². The lowest BCUT2D eigenvalue weighted by molar-refractivity contribution is -0.497. The predicted molar refractivity (Wildman–Crippen MR) is 50.8 cm³/mol. The van der Waals surface area contributed by atoms with Gasteiger partial charge in [0.2, 0.25) is 11.9 Å². The summed E-state index contributed by atoms with van der Waals surface area (Å²) in [6, 6.07) is -0.711. The minimum atomic E-state index is -0.711. The average molecular weight is 210 g/mol. The fraction of sp³-hybridized carbons (Fsp3) is 0.500. The summed E-state index contributed by atoms with van der Waals surface area (Å²) in [4.78, 5) is 21.4. The van der Waals surface area contributed by atoms with Crippen molar-refractivity contribution in [2.75, 3.05) is 5.32 Å². The van der Waals surface area contributed by atoms with Crippen molar-refractivity contribution in [3.63, 3.8) is 0 Å². The summed E-state index contributed by atoms with van der Waals surface area (Å²) in [6.45, 7) is 1.76. The van der Waals surface area contributed by atoms with Crippen LogP contribution in [0.2, 0.25) is 0 Å². The highest BCUT2D eigenvalue weighted by atomic mass is 16.6. The molecule has 2 rings (SSSR count). The molecule has 1 amide bonds. The van der Waals surface area contributed by atoms with E-state index in [1.807, 2.05) is 0 Å². The van der Waals surface area contributed by atoms with Gasteiger partial charge >= 0.3 is 0 Å². The second kappa shape index (κ2) is 3.34. The number of aryl methyl sites for hydroxylation is 1. The van der Waals surface area contributed by atoms with E-state index in [0.717, 1.165) is 5.69 Å². The van der Waals surface area contributed by atoms with E-state index in [2.05, 4.69) is 15.5 Å². The number of carbonyl (C=O) groups excluding carboxylic acids is 1. The number of anilines is 1. The molecule has 7 heteroatoms. The van der Waals surface area contributed by atoms with Gasteiger partial charge in [-0.1, -0.05) is 0 Å². The van der Waals surface area contributed by atoms with Crippen molar-refractivity contribution in [2.24, 2.45) is 5.92 Å². The lowest BCUT2D eigenvalue weighted by Crippen LogP contribution is -2.18. The van der Waals surface area contributed by atoms with E-state index in [1.165, 1.54) is 6.20 Å². The molecule has 0 aliphatic heterocycles. The molecule has 1 aliphatic rings. The minimum Gasteiger partial charge on any atom is -0.323 e. The fourth-order valence-corrected chi connectivity index (χ4v) is 1.40. The SMILES string of the molecule is Cc1[nH]ncc1NC(=O)C1CC1[N+](=O)[O-]. The summed E-state index contributed by atoms with van der Waals surface area (Å²) >= 11 is 0. The Morgan fingerprint density at radius 1 is 1.80 bits per heavy atom. The highest BCUT2D eigenvalue weighted by Gasteiger charge is 2.53. The number of hydrogen-bond donors (Lipinski definition) is 2. The number of rotatable bonds is 3. The predicted octanol–water partition coefficient (Wildman–Crippen LogP) is 0.322. The Balaban J connectivity index is 1.95. The first-order chi connectivity index (χ1) is 7.09. The van der Waals surface area contributed by atoms with Crippen LogP contribution >= 0.6 is 0 Å². The fourth-order valence-electron chi connectivity index (χ4n) is 1.40. The van der Waals surface area contributed by atoms with E-state index in [1.54, 1.807) is 6.92 Å². The molecule has 1 aromatic heterocycles. The molecule has 80 valence electrons. The number of hydrogen-bond acceptors (Lipinski definition) is 4. The summed E-state index contributed by atoms with van der Waals surface area (Å²) in [5.41, 5.74) is 1.32. The lowest BCUT2D eigenvalue weighted by Gasteiger charge is -2.00. The Hall–Kier alpha value is -1.92. The molecule has 0 aromatic carbocycles. The summed E-state index contributed by atoms with van der Waals surface area (Å²) in [5, 5.41) is 19.4. The number of aromatic amines is 1. The van der Waals surface area contributed by atoms with Gasteiger partial charge in [-0.3, -0.25) is 20.0 Å². The number of nitrogens with zero attached hydrogens (tertiary/aromatic N) is 2. The first-order valence-corrected chi connectivity index (χ1v) is 4.54. The molecule has 2 N–H and O–H groups in total. The third-order valence-corrected chi connectivity index (χ3v) is 2.45. The molecule has 7 nitrogen and oxygen atoms in total. The second-order valence-electron chi connectivity index (χ2n) is 3.59. The Morgan fingerprint density at radius 3 is 3.00 bits per heavy atom. The van der Waals surface area contributed by atoms with Crippen molar-refractivity contribution < 1.29 is 9.72 Å². The molecule has 1 fully saturated rings. The summed E-state index contributed by atoms with van der Waals surface area (Å²) < 4.78 is 0. The van der Waals surface area contributed by atoms with Crippen LogP contribution in [0.1, 0.15) is 12.1 Å². The van der Waals surface area contributed by atoms with Gasteiger partial charge in [0.25, 0.3) is 0 Å². The highest BCUT2D eigenvalue weighted by molar-refractivity contribution is 5.95. The topological polar surface area (TPSA) is 101 Å². The normalized spacial score (nSPS) is 23.5. The molecule has 0 spiro atoms. The van der Waals surface area contributed by atoms with Gasteiger partial charge in [-0.2, -0.15) is 5.10 Å². The molecule has 2 unspecified atom stereocenters. The van der Waals surface area contributed by atoms with E-state index in [9.17, 15) is 14.9 Å². The van der Waals surface area contributed by atoms with Crippen molar-refractivity contribution >= 4 is 11.6 Å². The van der Waals surface area contributed by atoms with Gasteiger partial charge < -0.3 is 5.32 Å². The lowest BCUT2D eigenvalue weighted by atomic mass is 10.3. The van der Waals surface area contributed by atoms with E-state index >= 15 is 0 Å². The molecule has 15 heavy (non-hydrogen) atoms. The Kier molecular flexibility index (Phi) is 2.14. The van der Waals surface area contributed by atoms with Gasteiger partial charge in [0.15, 0.2) is 0 Å². The van der Waals surface area contributed by atoms with Crippen LogP contribution in [0.3, 0.4) is 0 Å². The van der Waals surface area contributed by atoms with Crippen molar-refractivity contribution in [3.8, 4) is 0 Å². The number of aromatic nitrogens is 2. The van der Waals surface area contributed by atoms with Crippen LogP contribution in [0, 0.1) is 23.0 Å². The zero-order chi connectivity index (χ0) is 11.0. The molecule has 1 aliphatic carbocycles. The molecule has 2 atom stereocenters. The van der Waals surface area contributed by atoms with E-state index in [-0.39, 0.29) is 5.91 Å². The molecular formula is C8H10N4O3. The zero-order valence-corrected chi connectivity index (χ0v) is 8.06. The number of nitro groups is 1. The smallest absolute Gasteiger partial charge is 0.234 e. The largest absolute Gasteiger partial charge is 0.323 e. The van der Waals surface area contributed by atoms with Gasteiger partial charge in [0.1, 0.15) is 5.92 Å². The van der Waals surface area contributed by atoms with Gasteiger partial charge in [-0.15, -0.1) is 0 Å². The van der Waals surface area contributed by atoms with Crippen molar-refractivity contribution in [3.05, 3.63) is 22.0 Å². The van der Waals surface area contributed by atoms with E-state index < -0.39 is 16.9 Å². The van der Waals surface area contributed by atoms with Crippen LogP contribution in [0.5, 0.6) is 0 Å². The molecule has 1 heterocycles. The van der Waals surface area contributed by atoms with Crippen LogP contribution < -0.4 is 5.32 Å². The number of H-pyrrole nitrogens is 1. The Morgan fingerprint density at radius 2 is 2.53 bits per heavy atom. The minimum absolute atomic E-state index is 0.304. The second-order valence-corrected chi connectivity index (χ2v) is 3.59. The van der Waals surface area contributed by atoms with Gasteiger partial charge in [-0.05, 0) is 6.92 Å². The molecular weight excluding hydrogens is 200 g/mol. The molecule has 0 radical (unpaired) electrons. The number of amides is 1. The number of carbonyl (C=O) groups is 1. The maximum Gasteiger partial charge on any atom is 0.234 e. The maximum absolute atomic E-state index is 11.5. The standard InChI is InChI=1S/C8H10N4O3/c1-4-6(3-9-11-4)10-8(13)5-2-7(5)12(14)15/h3,5,7H,2H2,1H3,(H,9,11)(H,10,13). The first-order valence-electron chi connectivity index (χ1n) is 4.54. The highest BCUT2D eigenvalue weighted by Crippen LogP contribution is 2.34. The van der Waals surface area contributed by atoms with Crippen LogP contribution in [0.15, 0.2) is 6.20 Å². The van der Waals surface area contributed by atoms with Crippen molar-refractivity contribution in [1.82, 2.24) is 10.2 Å². The Labute approximate surface area is 85.0 Å². The molecule has 0 bridgehead atoms. The van der Waals surface area contributed by atoms with Crippen LogP contribution in [-0.4, -0.2) is 27.1 Å². The zero-order valence-electron chi connectivity index (χ0n) is 8.06. The molecule has 0 saturated heterocycles. The van der Waals surface area contributed by atoms with Crippen LogP contribution in [0.25, 0.3) is 0 Å². The third kappa shape index (κ3) is 1.80. The maximum atomic E-state index is 11.5. The summed E-state index contributed by atoms with van der Waals surface area (Å²) in [7, 11) is 0. The monoisotopic (exact) mass is 210 g/mol. The van der Waals surface area contributed by atoms with Crippen molar-refractivity contribution in [1.29, 1.82) is 0 Å². The summed E-state index contributed by atoms with van der Waals surface area (Å²) in [5.74, 6) is -0.796. The van der Waals surface area contributed by atoms with E-state index in [4.69, 9.17) is 0 Å². The molecule has 1 saturated carbocycles. The van der Waals surface area contributed by atoms with Crippen LogP contribution in [-0.2, 0) is 4.79 Å². The third-order valence-electron chi connectivity index (χ3n) is 2.45. The quantitative estimate of drug-likeness (QED) is 0.554. The van der Waals surface area contributed by atoms with E-state index in [0.29, 0.717) is 12.1 Å². The van der Waals surface area contributed by atoms with Gasteiger partial charge in [0, 0.05) is 11.3 Å². The summed E-state index contributed by atoms with van der Waals surface area (Å²) in [6.07, 6.45) is 1.81.